The monoisotopic (exact) mass is 753 g/mol. The Hall–Kier alpha value is -4.14. The second-order valence-corrected chi connectivity index (χ2v) is 20.5. The average molecular weight is 754 g/mol. The summed E-state index contributed by atoms with van der Waals surface area (Å²) in [7, 11) is -1.02. The number of nitrogens with zero attached hydrogens (tertiary/aromatic N) is 2. The number of carbonyl (C=O) groups is 5. The van der Waals surface area contributed by atoms with Gasteiger partial charge in [-0.05, 0) is 75.4 Å². The SMILES string of the molecule is COC(=O)C1CCCN(C(=O)C(C)NC(=O)C(NC(=O)C(C=Cc2ccc3ccc([C@@H](C)OC(C)=O)nc3c2)[C@@H](C)O[Si](C)(C)C(C)(C)C)C(C)C)N1. The van der Waals surface area contributed by atoms with E-state index >= 15 is 0 Å². The number of fused-ring (bicyclic) bond motifs is 1. The van der Waals surface area contributed by atoms with Crippen LogP contribution in [0.1, 0.15) is 92.5 Å². The summed E-state index contributed by atoms with van der Waals surface area (Å²) in [6, 6.07) is 6.98. The fourth-order valence-electron chi connectivity index (χ4n) is 5.82. The first-order valence-electron chi connectivity index (χ1n) is 18.3. The van der Waals surface area contributed by atoms with E-state index in [1.807, 2.05) is 57.2 Å². The number of benzene rings is 1. The molecule has 0 saturated carbocycles. The molecule has 0 bridgehead atoms. The van der Waals surface area contributed by atoms with Crippen molar-refractivity contribution in [1.82, 2.24) is 26.1 Å². The van der Waals surface area contributed by atoms with E-state index in [0.29, 0.717) is 30.6 Å². The quantitative estimate of drug-likeness (QED) is 0.172. The number of aromatic nitrogens is 1. The third kappa shape index (κ3) is 11.7. The molecule has 3 N–H and O–H groups in total. The van der Waals surface area contributed by atoms with E-state index in [-0.39, 0.29) is 16.9 Å². The first-order chi connectivity index (χ1) is 24.6. The number of nitrogens with one attached hydrogen (secondary N) is 3. The van der Waals surface area contributed by atoms with Crippen LogP contribution in [0.25, 0.3) is 17.0 Å². The molecule has 14 heteroatoms. The Bertz CT molecular complexity index is 1670. The van der Waals surface area contributed by atoms with Crippen LogP contribution in [0.15, 0.2) is 36.4 Å². The fourth-order valence-corrected chi connectivity index (χ4v) is 7.25. The number of hydrazine groups is 1. The van der Waals surface area contributed by atoms with Gasteiger partial charge in [-0.15, -0.1) is 0 Å². The van der Waals surface area contributed by atoms with Crippen LogP contribution >= 0.6 is 0 Å². The highest BCUT2D eigenvalue weighted by molar-refractivity contribution is 6.74. The molecule has 1 aliphatic heterocycles. The van der Waals surface area contributed by atoms with Crippen molar-refractivity contribution >= 4 is 55.0 Å². The predicted octanol–water partition coefficient (Wildman–Crippen LogP) is 5.21. The topological polar surface area (TPSA) is 165 Å². The van der Waals surface area contributed by atoms with Gasteiger partial charge in [0, 0.05) is 18.9 Å². The lowest BCUT2D eigenvalue weighted by Gasteiger charge is -2.40. The normalized spacial score (nSPS) is 18.2. The zero-order chi connectivity index (χ0) is 39.8. The van der Waals surface area contributed by atoms with Crippen molar-refractivity contribution in [3.63, 3.8) is 0 Å². The second kappa shape index (κ2) is 18.3. The number of pyridine rings is 1. The number of ether oxygens (including phenoxy) is 2. The van der Waals surface area contributed by atoms with Gasteiger partial charge in [0.1, 0.15) is 24.2 Å². The van der Waals surface area contributed by atoms with Crippen molar-refractivity contribution in [2.45, 2.75) is 124 Å². The summed E-state index contributed by atoms with van der Waals surface area (Å²) >= 11 is 0. The number of carbonyl (C=O) groups excluding carboxylic acids is 5. The van der Waals surface area contributed by atoms with Crippen LogP contribution in [0.3, 0.4) is 0 Å². The van der Waals surface area contributed by atoms with Crippen LogP contribution in [0, 0.1) is 11.8 Å². The molecule has 4 unspecified atom stereocenters. The molecule has 3 rings (SSSR count). The fraction of sp³-hybridized carbons (Fsp3) is 0.590. The van der Waals surface area contributed by atoms with Crippen LogP contribution in [0.2, 0.25) is 18.1 Å². The Morgan fingerprint density at radius 3 is 2.26 bits per heavy atom. The smallest absolute Gasteiger partial charge is 0.324 e. The molecule has 1 aromatic carbocycles. The molecule has 13 nitrogen and oxygen atoms in total. The molecule has 6 atom stereocenters. The van der Waals surface area contributed by atoms with Crippen LogP contribution in [-0.4, -0.2) is 85.9 Å². The lowest BCUT2D eigenvalue weighted by Crippen LogP contribution is -2.61. The summed E-state index contributed by atoms with van der Waals surface area (Å²) in [5, 5.41) is 7.85. The molecular formula is C39H59N5O8Si. The molecule has 0 radical (unpaired) electrons. The van der Waals surface area contributed by atoms with Crippen LogP contribution in [0.4, 0.5) is 0 Å². The maximum atomic E-state index is 14.2. The summed E-state index contributed by atoms with van der Waals surface area (Å²) in [5.74, 6) is -3.24. The predicted molar refractivity (Wildman–Crippen MR) is 206 cm³/mol. The minimum atomic E-state index is -2.32. The lowest BCUT2D eigenvalue weighted by atomic mass is 9.97. The van der Waals surface area contributed by atoms with Crippen LogP contribution < -0.4 is 16.1 Å². The highest BCUT2D eigenvalue weighted by atomic mass is 28.4. The number of rotatable bonds is 14. The van der Waals surface area contributed by atoms with Gasteiger partial charge in [0.15, 0.2) is 8.32 Å². The van der Waals surface area contributed by atoms with Gasteiger partial charge in [0.2, 0.25) is 11.8 Å². The minimum absolute atomic E-state index is 0.111. The van der Waals surface area contributed by atoms with Crippen molar-refractivity contribution < 1.29 is 37.9 Å². The average Bonchev–Trinajstić information content (AvgIpc) is 3.08. The standard InChI is InChI=1S/C39H59N5O8Si/c1-23(2)34(36(47)40-24(3)37(48)44-21-13-14-32(43-44)38(49)50-10)42-35(46)30(25(4)52-53(11,12)39(7,8)9)19-16-28-15-17-29-18-20-31(41-33(29)22-28)26(5)51-27(6)45/h15-20,22-26,30,32,34,43H,13-14,21H2,1-12H3,(H,40,47)(H,42,46)/t24?,25-,26-,30?,32?,34?/m1/s1. The van der Waals surface area contributed by atoms with E-state index in [9.17, 15) is 24.0 Å². The Labute approximate surface area is 315 Å². The molecule has 0 aliphatic carbocycles. The largest absolute Gasteiger partial charge is 0.468 e. The van der Waals surface area contributed by atoms with Crippen molar-refractivity contribution in [1.29, 1.82) is 0 Å². The number of methoxy groups -OCH3 is 1. The van der Waals surface area contributed by atoms with E-state index in [2.05, 4.69) is 49.9 Å². The van der Waals surface area contributed by atoms with E-state index in [1.165, 1.54) is 19.0 Å². The molecule has 2 aromatic rings. The van der Waals surface area contributed by atoms with E-state index in [0.717, 1.165) is 10.9 Å². The first-order valence-corrected chi connectivity index (χ1v) is 21.3. The molecule has 0 spiro atoms. The summed E-state index contributed by atoms with van der Waals surface area (Å²) in [4.78, 5) is 69.4. The van der Waals surface area contributed by atoms with E-state index in [1.54, 1.807) is 19.9 Å². The molecule has 1 fully saturated rings. The molecule has 3 amide bonds. The Kier molecular flexibility index (Phi) is 14.9. The zero-order valence-corrected chi connectivity index (χ0v) is 34.4. The lowest BCUT2D eigenvalue weighted by molar-refractivity contribution is -0.151. The Morgan fingerprint density at radius 2 is 1.66 bits per heavy atom. The second-order valence-electron chi connectivity index (χ2n) is 15.7. The van der Waals surface area contributed by atoms with E-state index < -0.39 is 68.3 Å². The number of hydrogen-bond donors (Lipinski definition) is 3. The third-order valence-electron chi connectivity index (χ3n) is 10.0. The summed E-state index contributed by atoms with van der Waals surface area (Å²) < 4.78 is 16.8. The first kappa shape index (κ1) is 43.3. The summed E-state index contributed by atoms with van der Waals surface area (Å²) in [6.07, 6.45) is 3.72. The third-order valence-corrected chi connectivity index (χ3v) is 14.6. The van der Waals surface area contributed by atoms with Crippen molar-refractivity contribution in [3.05, 3.63) is 47.7 Å². The Morgan fingerprint density at radius 1 is 1.00 bits per heavy atom. The number of esters is 2. The molecular weight excluding hydrogens is 695 g/mol. The van der Waals surface area contributed by atoms with Crippen LogP contribution in [-0.2, 0) is 37.9 Å². The van der Waals surface area contributed by atoms with Crippen LogP contribution in [0.5, 0.6) is 0 Å². The van der Waals surface area contributed by atoms with Gasteiger partial charge in [-0.3, -0.25) is 29.0 Å². The van der Waals surface area contributed by atoms with Gasteiger partial charge in [0.25, 0.3) is 5.91 Å². The van der Waals surface area contributed by atoms with Gasteiger partial charge in [-0.25, -0.2) is 10.4 Å². The molecule has 1 aromatic heterocycles. The van der Waals surface area contributed by atoms with Gasteiger partial charge >= 0.3 is 11.9 Å². The Balaban J connectivity index is 1.86. The molecule has 1 saturated heterocycles. The molecule has 2 heterocycles. The van der Waals surface area contributed by atoms with Gasteiger partial charge in [-0.1, -0.05) is 65.0 Å². The maximum absolute atomic E-state index is 14.2. The van der Waals surface area contributed by atoms with Gasteiger partial charge in [0.05, 0.1) is 30.3 Å². The summed E-state index contributed by atoms with van der Waals surface area (Å²) in [5.41, 5.74) is 5.02. The number of hydrogen-bond acceptors (Lipinski definition) is 10. The van der Waals surface area contributed by atoms with Gasteiger partial charge in [-0.2, -0.15) is 0 Å². The van der Waals surface area contributed by atoms with Crippen molar-refractivity contribution in [3.8, 4) is 0 Å². The molecule has 292 valence electrons. The highest BCUT2D eigenvalue weighted by Gasteiger charge is 2.41. The molecule has 53 heavy (non-hydrogen) atoms. The zero-order valence-electron chi connectivity index (χ0n) is 33.4. The minimum Gasteiger partial charge on any atom is -0.468 e. The summed E-state index contributed by atoms with van der Waals surface area (Å²) in [6.45, 7) is 21.2. The molecule has 1 aliphatic rings. The highest BCUT2D eigenvalue weighted by Crippen LogP contribution is 2.38. The van der Waals surface area contributed by atoms with Crippen molar-refractivity contribution in [2.75, 3.05) is 13.7 Å². The number of amides is 3. The van der Waals surface area contributed by atoms with E-state index in [4.69, 9.17) is 18.9 Å². The maximum Gasteiger partial charge on any atom is 0.324 e. The van der Waals surface area contributed by atoms with Crippen molar-refractivity contribution in [2.24, 2.45) is 11.8 Å². The van der Waals surface area contributed by atoms with Gasteiger partial charge < -0.3 is 24.5 Å².